The summed E-state index contributed by atoms with van der Waals surface area (Å²) in [5.41, 5.74) is 5.53. The fourth-order valence-corrected chi connectivity index (χ4v) is 5.40. The SMILES string of the molecule is CN1C=CN(c2[c-]c(Oc3[c-]c4c(cc3)c3ccc5oc6ccccc6c5c3n4-c3[c-]cccc3)ccc2)[CH-]1.[Pd]. The molecule has 3 heterocycles. The molecule has 0 N–H and O–H groups in total. The summed E-state index contributed by atoms with van der Waals surface area (Å²) in [6, 6.07) is 40.7. The molecule has 6 heteroatoms. The van der Waals surface area contributed by atoms with Crippen LogP contribution >= 0.6 is 0 Å². The zero-order valence-electron chi connectivity index (χ0n) is 21.4. The van der Waals surface area contributed by atoms with Gasteiger partial charge in [0, 0.05) is 42.8 Å². The molecule has 1 aliphatic rings. The van der Waals surface area contributed by atoms with Gasteiger partial charge in [0.05, 0.1) is 5.39 Å². The Labute approximate surface area is 245 Å². The van der Waals surface area contributed by atoms with E-state index in [9.17, 15) is 0 Å². The van der Waals surface area contributed by atoms with Crippen molar-refractivity contribution in [3.05, 3.63) is 128 Å². The maximum absolute atomic E-state index is 6.31. The summed E-state index contributed by atoms with van der Waals surface area (Å²) in [5.74, 6) is 1.24. The van der Waals surface area contributed by atoms with Crippen LogP contribution in [-0.2, 0) is 20.4 Å². The first-order valence-corrected chi connectivity index (χ1v) is 12.7. The quantitative estimate of drug-likeness (QED) is 0.149. The molecule has 0 radical (unpaired) electrons. The Morgan fingerprint density at radius 1 is 0.725 bits per heavy atom. The van der Waals surface area contributed by atoms with Crippen molar-refractivity contribution in [1.82, 2.24) is 9.47 Å². The van der Waals surface area contributed by atoms with E-state index in [0.717, 1.165) is 55.1 Å². The Hall–Kier alpha value is -4.50. The van der Waals surface area contributed by atoms with Crippen LogP contribution in [0.1, 0.15) is 0 Å². The van der Waals surface area contributed by atoms with Crippen LogP contribution in [0, 0.1) is 24.9 Å². The Balaban J connectivity index is 0.00000264. The van der Waals surface area contributed by atoms with E-state index in [2.05, 4.69) is 53.1 Å². The van der Waals surface area contributed by atoms with Crippen LogP contribution in [0.5, 0.6) is 11.5 Å². The number of furan rings is 1. The van der Waals surface area contributed by atoms with Gasteiger partial charge in [-0.2, -0.15) is 43.1 Å². The molecule has 1 aliphatic heterocycles. The van der Waals surface area contributed by atoms with Crippen LogP contribution < -0.4 is 9.64 Å². The van der Waals surface area contributed by atoms with E-state index in [1.165, 1.54) is 0 Å². The summed E-state index contributed by atoms with van der Waals surface area (Å²) in [7, 11) is 1.99. The van der Waals surface area contributed by atoms with E-state index < -0.39 is 0 Å². The first kappa shape index (κ1) is 24.5. The molecule has 0 atom stereocenters. The number of nitrogens with zero attached hydrogens (tertiary/aromatic N) is 3. The van der Waals surface area contributed by atoms with Crippen molar-refractivity contribution in [3.8, 4) is 17.2 Å². The third-order valence-electron chi connectivity index (χ3n) is 7.11. The zero-order chi connectivity index (χ0) is 25.9. The molecule has 0 unspecified atom stereocenters. The number of para-hydroxylation sites is 2. The molecule has 2 aromatic heterocycles. The molecule has 0 bridgehead atoms. The predicted molar refractivity (Wildman–Crippen MR) is 155 cm³/mol. The van der Waals surface area contributed by atoms with Crippen molar-refractivity contribution in [2.75, 3.05) is 11.9 Å². The first-order valence-electron chi connectivity index (χ1n) is 12.7. The van der Waals surface area contributed by atoms with Crippen molar-refractivity contribution in [2.24, 2.45) is 0 Å². The number of anilines is 1. The molecule has 0 saturated carbocycles. The van der Waals surface area contributed by atoms with Crippen LogP contribution in [0.4, 0.5) is 5.69 Å². The molecule has 0 amide bonds. The predicted octanol–water partition coefficient (Wildman–Crippen LogP) is 8.22. The Morgan fingerprint density at radius 2 is 1.55 bits per heavy atom. The van der Waals surface area contributed by atoms with E-state index in [1.54, 1.807) is 0 Å². The maximum atomic E-state index is 6.31. The van der Waals surface area contributed by atoms with Gasteiger partial charge in [-0.1, -0.05) is 35.5 Å². The third kappa shape index (κ3) is 3.88. The number of rotatable bonds is 4. The van der Waals surface area contributed by atoms with Gasteiger partial charge in [-0.15, -0.1) is 47.5 Å². The number of aromatic nitrogens is 1. The van der Waals surface area contributed by atoms with E-state index in [0.29, 0.717) is 11.5 Å². The van der Waals surface area contributed by atoms with Crippen molar-refractivity contribution in [3.63, 3.8) is 0 Å². The van der Waals surface area contributed by atoms with E-state index in [-0.39, 0.29) is 20.4 Å². The summed E-state index contributed by atoms with van der Waals surface area (Å²) >= 11 is 0. The van der Waals surface area contributed by atoms with Gasteiger partial charge in [-0.3, -0.25) is 0 Å². The Kier molecular flexibility index (Phi) is 5.89. The van der Waals surface area contributed by atoms with Crippen LogP contribution in [-0.4, -0.2) is 16.5 Å². The minimum absolute atomic E-state index is 0. The molecular weight excluding hydrogens is 589 g/mol. The number of ether oxygens (including phenoxy) is 1. The molecule has 0 saturated heterocycles. The monoisotopic (exact) mass is 609 g/mol. The normalized spacial score (nSPS) is 13.1. The largest absolute Gasteiger partial charge is 0.510 e. The second-order valence-electron chi connectivity index (χ2n) is 9.59. The second kappa shape index (κ2) is 9.60. The topological polar surface area (TPSA) is 33.8 Å². The number of fused-ring (bicyclic) bond motifs is 7. The minimum Gasteiger partial charge on any atom is -0.510 e. The van der Waals surface area contributed by atoms with Gasteiger partial charge < -0.3 is 23.5 Å². The molecule has 0 fully saturated rings. The van der Waals surface area contributed by atoms with Crippen molar-refractivity contribution in [2.45, 2.75) is 0 Å². The average Bonchev–Trinajstić information content (AvgIpc) is 3.66. The fourth-order valence-electron chi connectivity index (χ4n) is 5.40. The van der Waals surface area contributed by atoms with Crippen LogP contribution in [0.25, 0.3) is 49.4 Å². The van der Waals surface area contributed by atoms with Gasteiger partial charge in [-0.25, -0.2) is 0 Å². The van der Waals surface area contributed by atoms with E-state index >= 15 is 0 Å². The molecule has 5 nitrogen and oxygen atoms in total. The number of benzene rings is 5. The van der Waals surface area contributed by atoms with Gasteiger partial charge in [-0.05, 0) is 37.0 Å². The van der Waals surface area contributed by atoms with E-state index in [4.69, 9.17) is 9.15 Å². The number of hydrogen-bond acceptors (Lipinski definition) is 4. The molecule has 40 heavy (non-hydrogen) atoms. The van der Waals surface area contributed by atoms with Crippen molar-refractivity contribution in [1.29, 1.82) is 0 Å². The van der Waals surface area contributed by atoms with Gasteiger partial charge in [0.2, 0.25) is 0 Å². The standard InChI is InChI=1S/C34H21N3O2.Pd/c1-35-18-19-36(22-35)24-10-7-11-25(20-24)38-26-14-15-27-28-16-17-32-33(29-12-5-6-13-31(29)39-32)34(28)37(30(27)21-26)23-8-3-2-4-9-23;/h2-8,10-19,22H,1H3;/q-4;. The third-order valence-corrected chi connectivity index (χ3v) is 7.11. The zero-order valence-corrected chi connectivity index (χ0v) is 22.9. The molecule has 7 aromatic rings. The number of hydrogen-bond donors (Lipinski definition) is 0. The maximum Gasteiger partial charge on any atom is 0.137 e. The van der Waals surface area contributed by atoms with Gasteiger partial charge in [0.25, 0.3) is 0 Å². The summed E-state index contributed by atoms with van der Waals surface area (Å²) in [6.07, 6.45) is 3.98. The Morgan fingerprint density at radius 3 is 2.40 bits per heavy atom. The fraction of sp³-hybridized carbons (Fsp3) is 0.0294. The average molecular weight is 610 g/mol. The molecule has 8 rings (SSSR count). The smallest absolute Gasteiger partial charge is 0.137 e. The van der Waals surface area contributed by atoms with Gasteiger partial charge in [0.1, 0.15) is 11.2 Å². The van der Waals surface area contributed by atoms with Crippen molar-refractivity contribution < 1.29 is 29.6 Å². The second-order valence-corrected chi connectivity index (χ2v) is 9.59. The summed E-state index contributed by atoms with van der Waals surface area (Å²) in [4.78, 5) is 3.99. The summed E-state index contributed by atoms with van der Waals surface area (Å²) in [6.45, 7) is 1.99. The van der Waals surface area contributed by atoms with Crippen LogP contribution in [0.2, 0.25) is 0 Å². The summed E-state index contributed by atoms with van der Waals surface area (Å²) in [5, 5.41) is 4.37. The molecule has 0 aliphatic carbocycles. The van der Waals surface area contributed by atoms with Gasteiger partial charge in [0.15, 0.2) is 0 Å². The minimum atomic E-state index is 0. The molecule has 198 valence electrons. The van der Waals surface area contributed by atoms with Crippen LogP contribution in [0.15, 0.2) is 108 Å². The first-order chi connectivity index (χ1) is 19.2. The van der Waals surface area contributed by atoms with E-state index in [1.807, 2.05) is 96.6 Å². The molecular formula is C34H21N3O2Pd-4. The molecule has 5 aromatic carbocycles. The molecule has 0 spiro atoms. The summed E-state index contributed by atoms with van der Waals surface area (Å²) < 4.78 is 14.8. The Bertz CT molecular complexity index is 2060. The van der Waals surface area contributed by atoms with Crippen molar-refractivity contribution >= 4 is 49.4 Å². The van der Waals surface area contributed by atoms with Gasteiger partial charge >= 0.3 is 0 Å². The van der Waals surface area contributed by atoms with Crippen LogP contribution in [0.3, 0.4) is 0 Å².